The number of rotatable bonds is 4. The van der Waals surface area contributed by atoms with Gasteiger partial charge < -0.3 is 22.1 Å². The summed E-state index contributed by atoms with van der Waals surface area (Å²) in [6, 6.07) is 26.6. The van der Waals surface area contributed by atoms with E-state index in [0.29, 0.717) is 0 Å². The Kier molecular flexibility index (Phi) is 7.35. The molecule has 6 aromatic carbocycles. The third-order valence-corrected chi connectivity index (χ3v) is 10.3. The van der Waals surface area contributed by atoms with Crippen molar-refractivity contribution in [3.05, 3.63) is 187 Å². The van der Waals surface area contributed by atoms with Gasteiger partial charge >= 0.3 is 0 Å². The van der Waals surface area contributed by atoms with Gasteiger partial charge in [0.05, 0.1) is 56.1 Å². The summed E-state index contributed by atoms with van der Waals surface area (Å²) in [5, 5.41) is 5.30. The Morgan fingerprint density at radius 2 is 0.643 bits per heavy atom. The lowest BCUT2D eigenvalue weighted by Crippen LogP contribution is -2.27. The molecule has 3 aliphatic carbocycles. The molecule has 0 saturated carbocycles. The molecule has 0 unspecified atom stereocenters. The second-order valence-corrected chi connectivity index (χ2v) is 13.3. The summed E-state index contributed by atoms with van der Waals surface area (Å²) in [5.41, 5.74) is 12.4. The van der Waals surface area contributed by atoms with Crippen LogP contribution in [0, 0.1) is 0 Å². The minimum atomic E-state index is -0.795. The van der Waals surface area contributed by atoms with Gasteiger partial charge in [0.25, 0.3) is 11.8 Å². The first-order valence-corrected chi connectivity index (χ1v) is 17.2. The summed E-state index contributed by atoms with van der Waals surface area (Å²) >= 11 is 0. The van der Waals surface area contributed by atoms with Crippen LogP contribution in [-0.2, 0) is 0 Å². The van der Waals surface area contributed by atoms with E-state index in [1.165, 1.54) is 72.8 Å². The largest absolute Gasteiger partial charge is 0.397 e. The van der Waals surface area contributed by atoms with Gasteiger partial charge in [-0.2, -0.15) is 0 Å². The highest BCUT2D eigenvalue weighted by molar-refractivity contribution is 6.35. The predicted octanol–water partition coefficient (Wildman–Crippen LogP) is 5.68. The number of nitrogens with one attached hydrogen (secondary N) is 2. The second-order valence-electron chi connectivity index (χ2n) is 13.3. The SMILES string of the molecule is Nc1c(C(=O)Nc2cccc3c2C(=O)c2cccc(NC(=O)c4ccc5c(c4N)C(=O)c4ccccc4C5=O)c2C3=O)ccc2c1C(=O)c1ccccc1C2=O. The molecule has 56 heavy (non-hydrogen) atoms. The average Bonchev–Trinajstić information content (AvgIpc) is 3.20. The van der Waals surface area contributed by atoms with Gasteiger partial charge in [0.1, 0.15) is 0 Å². The van der Waals surface area contributed by atoms with Crippen LogP contribution >= 0.6 is 0 Å². The fourth-order valence-corrected chi connectivity index (χ4v) is 7.65. The molecule has 0 aliphatic heterocycles. The van der Waals surface area contributed by atoms with E-state index in [1.54, 1.807) is 36.4 Å². The summed E-state index contributed by atoms with van der Waals surface area (Å²) in [6.45, 7) is 0. The Hall–Kier alpha value is -8.12. The van der Waals surface area contributed by atoms with Gasteiger partial charge in [0.15, 0.2) is 34.7 Å². The minimum absolute atomic E-state index is 0.0153. The number of hydrogen-bond donors (Lipinski definition) is 4. The lowest BCUT2D eigenvalue weighted by atomic mass is 9.81. The number of nitrogen functional groups attached to an aromatic ring is 2. The van der Waals surface area contributed by atoms with Gasteiger partial charge in [0, 0.05) is 44.5 Å². The highest BCUT2D eigenvalue weighted by Crippen LogP contribution is 2.38. The Bertz CT molecular complexity index is 2750. The van der Waals surface area contributed by atoms with Crippen LogP contribution in [0.2, 0.25) is 0 Å². The number of ketones is 6. The van der Waals surface area contributed by atoms with Crippen molar-refractivity contribution in [1.29, 1.82) is 0 Å². The average molecular weight is 737 g/mol. The van der Waals surface area contributed by atoms with Crippen LogP contribution in [0.5, 0.6) is 0 Å². The maximum atomic E-state index is 14.1. The highest BCUT2D eigenvalue weighted by atomic mass is 16.2. The quantitative estimate of drug-likeness (QED) is 0.162. The summed E-state index contributed by atoms with van der Waals surface area (Å²) < 4.78 is 0. The van der Waals surface area contributed by atoms with Crippen molar-refractivity contribution in [3.63, 3.8) is 0 Å². The molecule has 0 bridgehead atoms. The van der Waals surface area contributed by atoms with Gasteiger partial charge in [-0.25, -0.2) is 0 Å². The molecule has 12 heteroatoms. The van der Waals surface area contributed by atoms with Gasteiger partial charge in [-0.05, 0) is 36.4 Å². The summed E-state index contributed by atoms with van der Waals surface area (Å²) in [4.78, 5) is 109. The molecule has 0 heterocycles. The van der Waals surface area contributed by atoms with Crippen LogP contribution in [0.4, 0.5) is 22.7 Å². The highest BCUT2D eigenvalue weighted by Gasteiger charge is 2.37. The van der Waals surface area contributed by atoms with Gasteiger partial charge in [-0.1, -0.05) is 72.8 Å². The first-order chi connectivity index (χ1) is 27.0. The second kappa shape index (κ2) is 12.2. The smallest absolute Gasteiger partial charge is 0.257 e. The van der Waals surface area contributed by atoms with Crippen molar-refractivity contribution in [1.82, 2.24) is 0 Å². The zero-order valence-electron chi connectivity index (χ0n) is 28.8. The summed E-state index contributed by atoms with van der Waals surface area (Å²) in [7, 11) is 0. The van der Waals surface area contributed by atoms with Crippen molar-refractivity contribution in [2.45, 2.75) is 0 Å². The first kappa shape index (κ1) is 33.7. The van der Waals surface area contributed by atoms with Crippen LogP contribution in [0.3, 0.4) is 0 Å². The fraction of sp³-hybridized carbons (Fsp3) is 0. The van der Waals surface area contributed by atoms with Crippen LogP contribution in [0.15, 0.2) is 109 Å². The van der Waals surface area contributed by atoms with Crippen LogP contribution < -0.4 is 22.1 Å². The predicted molar refractivity (Wildman–Crippen MR) is 204 cm³/mol. The minimum Gasteiger partial charge on any atom is -0.397 e. The Balaban J connectivity index is 1.02. The van der Waals surface area contributed by atoms with Crippen molar-refractivity contribution in [3.8, 4) is 0 Å². The van der Waals surface area contributed by atoms with E-state index in [-0.39, 0.29) is 101 Å². The van der Waals surface area contributed by atoms with Crippen LogP contribution in [-0.4, -0.2) is 46.5 Å². The summed E-state index contributed by atoms with van der Waals surface area (Å²) in [6.07, 6.45) is 0. The Morgan fingerprint density at radius 1 is 0.339 bits per heavy atom. The molecule has 0 spiro atoms. The van der Waals surface area contributed by atoms with Crippen molar-refractivity contribution >= 4 is 69.3 Å². The molecule has 268 valence electrons. The molecule has 0 radical (unpaired) electrons. The third kappa shape index (κ3) is 4.72. The molecule has 0 saturated heterocycles. The zero-order chi connectivity index (χ0) is 39.2. The molecule has 0 fully saturated rings. The number of fused-ring (bicyclic) bond motifs is 6. The number of benzene rings is 6. The standard InChI is InChI=1S/C44H24N4O8/c45-35-27(17-15-25-33(35)39(51)21-9-3-1-7-19(21)37(25)49)43(55)47-29-13-5-11-23-31(29)41(53)24-12-6-14-30(32(24)42(23)54)48-44(56)28-18-16-26-34(36(28)46)40(52)22-10-4-2-8-20(22)38(26)50/h1-18H,45-46H2,(H,47,55)(H,48,56). The molecule has 9 rings (SSSR count). The van der Waals surface area contributed by atoms with Crippen molar-refractivity contribution in [2.24, 2.45) is 0 Å². The van der Waals surface area contributed by atoms with E-state index < -0.39 is 46.5 Å². The zero-order valence-corrected chi connectivity index (χ0v) is 28.8. The van der Waals surface area contributed by atoms with E-state index in [9.17, 15) is 38.4 Å². The topological polar surface area (TPSA) is 213 Å². The fourth-order valence-electron chi connectivity index (χ4n) is 7.65. The molecule has 0 atom stereocenters. The lowest BCUT2D eigenvalue weighted by molar-refractivity contribution is 0.0976. The molecular formula is C44H24N4O8. The Morgan fingerprint density at radius 3 is 1.02 bits per heavy atom. The Labute approximate surface area is 316 Å². The number of anilines is 4. The van der Waals surface area contributed by atoms with Gasteiger partial charge in [0.2, 0.25) is 0 Å². The molecule has 12 nitrogen and oxygen atoms in total. The monoisotopic (exact) mass is 736 g/mol. The van der Waals surface area contributed by atoms with Crippen molar-refractivity contribution in [2.75, 3.05) is 22.1 Å². The number of carbonyl (C=O) groups is 8. The number of amides is 2. The lowest BCUT2D eigenvalue weighted by Gasteiger charge is -2.23. The maximum absolute atomic E-state index is 14.1. The molecule has 0 aromatic heterocycles. The van der Waals surface area contributed by atoms with Gasteiger partial charge in [-0.15, -0.1) is 0 Å². The number of carbonyl (C=O) groups excluding carboxylic acids is 8. The van der Waals surface area contributed by atoms with E-state index in [4.69, 9.17) is 11.5 Å². The first-order valence-electron chi connectivity index (χ1n) is 17.2. The normalized spacial score (nSPS) is 13.5. The maximum Gasteiger partial charge on any atom is 0.257 e. The van der Waals surface area contributed by atoms with Crippen LogP contribution in [0.25, 0.3) is 0 Å². The molecule has 6 N–H and O–H groups in total. The van der Waals surface area contributed by atoms with E-state index in [2.05, 4.69) is 10.6 Å². The number of nitrogens with two attached hydrogens (primary N) is 2. The van der Waals surface area contributed by atoms with E-state index in [0.717, 1.165) is 0 Å². The van der Waals surface area contributed by atoms with Crippen molar-refractivity contribution < 1.29 is 38.4 Å². The van der Waals surface area contributed by atoms with Gasteiger partial charge in [-0.3, -0.25) is 38.4 Å². The molecule has 2 amide bonds. The summed E-state index contributed by atoms with van der Waals surface area (Å²) in [5.74, 6) is -4.69. The van der Waals surface area contributed by atoms with E-state index in [1.807, 2.05) is 0 Å². The molecule has 6 aromatic rings. The third-order valence-electron chi connectivity index (χ3n) is 10.3. The number of hydrogen-bond acceptors (Lipinski definition) is 10. The van der Waals surface area contributed by atoms with E-state index >= 15 is 0 Å². The molecule has 3 aliphatic rings. The van der Waals surface area contributed by atoms with Crippen LogP contribution in [0.1, 0.15) is 116 Å². The molecular weight excluding hydrogens is 713 g/mol.